The molecule has 0 saturated heterocycles. The zero-order chi connectivity index (χ0) is 19.2. The van der Waals surface area contributed by atoms with Crippen LogP contribution in [0.4, 0.5) is 5.69 Å². The summed E-state index contributed by atoms with van der Waals surface area (Å²) in [5, 5.41) is 1.10. The van der Waals surface area contributed by atoms with Crippen molar-refractivity contribution < 1.29 is 14.2 Å². The zero-order valence-corrected chi connectivity index (χ0v) is 16.4. The van der Waals surface area contributed by atoms with Gasteiger partial charge in [-0.25, -0.2) is 0 Å². The van der Waals surface area contributed by atoms with E-state index >= 15 is 0 Å². The predicted octanol–water partition coefficient (Wildman–Crippen LogP) is 4.33. The second-order valence-corrected chi connectivity index (χ2v) is 6.30. The van der Waals surface area contributed by atoms with Crippen molar-refractivity contribution in [1.29, 1.82) is 0 Å². The number of anilines is 1. The molecule has 0 bridgehead atoms. The van der Waals surface area contributed by atoms with Gasteiger partial charge in [-0.15, -0.1) is 0 Å². The van der Waals surface area contributed by atoms with Crippen LogP contribution in [-0.4, -0.2) is 39.4 Å². The van der Waals surface area contributed by atoms with Crippen molar-refractivity contribution in [2.24, 2.45) is 0 Å². The second-order valence-electron chi connectivity index (χ2n) is 6.30. The number of hydrogen-bond donors (Lipinski definition) is 0. The fraction of sp³-hybridized carbons (Fsp3) is 0.318. The van der Waals surface area contributed by atoms with E-state index in [-0.39, 0.29) is 0 Å². The molecule has 3 rings (SSSR count). The average molecular weight is 366 g/mol. The summed E-state index contributed by atoms with van der Waals surface area (Å²) in [6.07, 6.45) is 2.75. The van der Waals surface area contributed by atoms with Gasteiger partial charge in [0.05, 0.1) is 26.3 Å². The number of hydrogen-bond acceptors (Lipinski definition) is 5. The lowest BCUT2D eigenvalue weighted by atomic mass is 10.1. The normalized spacial score (nSPS) is 10.7. The molecule has 0 radical (unpaired) electrons. The van der Waals surface area contributed by atoms with E-state index in [0.29, 0.717) is 6.61 Å². The number of fused-ring (bicyclic) bond motifs is 1. The summed E-state index contributed by atoms with van der Waals surface area (Å²) < 4.78 is 16.4. The Hall–Kier alpha value is -2.95. The van der Waals surface area contributed by atoms with Gasteiger partial charge < -0.3 is 19.1 Å². The average Bonchev–Trinajstić information content (AvgIpc) is 2.71. The Morgan fingerprint density at radius 2 is 1.78 bits per heavy atom. The largest absolute Gasteiger partial charge is 0.494 e. The molecule has 0 aliphatic rings. The van der Waals surface area contributed by atoms with Crippen molar-refractivity contribution >= 4 is 16.6 Å². The quantitative estimate of drug-likeness (QED) is 0.594. The molecule has 5 nitrogen and oxygen atoms in total. The molecule has 0 atom stereocenters. The van der Waals surface area contributed by atoms with Gasteiger partial charge in [-0.1, -0.05) is 6.07 Å². The Balaban J connectivity index is 1.80. The van der Waals surface area contributed by atoms with Gasteiger partial charge in [0.1, 0.15) is 5.75 Å². The minimum atomic E-state index is 0.649. The molecule has 27 heavy (non-hydrogen) atoms. The van der Waals surface area contributed by atoms with Crippen LogP contribution in [0.2, 0.25) is 0 Å². The highest BCUT2D eigenvalue weighted by Gasteiger charge is 2.10. The van der Waals surface area contributed by atoms with Gasteiger partial charge >= 0.3 is 0 Å². The second kappa shape index (κ2) is 8.62. The first-order valence-electron chi connectivity index (χ1n) is 9.10. The molecule has 0 aliphatic heterocycles. The highest BCUT2D eigenvalue weighted by Crippen LogP contribution is 2.30. The summed E-state index contributed by atoms with van der Waals surface area (Å²) in [7, 11) is 5.41. The zero-order valence-electron chi connectivity index (χ0n) is 16.4. The molecule has 0 saturated carbocycles. The van der Waals surface area contributed by atoms with Crippen molar-refractivity contribution in [3.05, 3.63) is 54.2 Å². The van der Waals surface area contributed by atoms with E-state index in [1.54, 1.807) is 14.2 Å². The summed E-state index contributed by atoms with van der Waals surface area (Å²) >= 11 is 0. The molecule has 0 N–H and O–H groups in total. The fourth-order valence-electron chi connectivity index (χ4n) is 3.15. The van der Waals surface area contributed by atoms with Gasteiger partial charge in [0, 0.05) is 30.9 Å². The van der Waals surface area contributed by atoms with E-state index in [2.05, 4.69) is 29.1 Å². The molecule has 1 aromatic heterocycles. The maximum absolute atomic E-state index is 5.65. The summed E-state index contributed by atoms with van der Waals surface area (Å²) in [4.78, 5) is 6.72. The van der Waals surface area contributed by atoms with Crippen LogP contribution < -0.4 is 19.1 Å². The first-order valence-corrected chi connectivity index (χ1v) is 9.10. The van der Waals surface area contributed by atoms with E-state index < -0.39 is 0 Å². The van der Waals surface area contributed by atoms with E-state index in [1.807, 2.05) is 43.5 Å². The van der Waals surface area contributed by atoms with Crippen molar-refractivity contribution in [3.8, 4) is 17.2 Å². The van der Waals surface area contributed by atoms with E-state index in [0.717, 1.165) is 46.8 Å². The molecule has 2 aromatic carbocycles. The third-order valence-corrected chi connectivity index (χ3v) is 4.60. The molecule has 0 unspecified atom stereocenters. The highest BCUT2D eigenvalue weighted by molar-refractivity contribution is 5.92. The van der Waals surface area contributed by atoms with Crippen LogP contribution in [0.5, 0.6) is 17.2 Å². The third kappa shape index (κ3) is 4.25. The minimum absolute atomic E-state index is 0.649. The van der Waals surface area contributed by atoms with E-state index in [1.165, 1.54) is 5.56 Å². The highest BCUT2D eigenvalue weighted by atomic mass is 16.5. The van der Waals surface area contributed by atoms with Crippen LogP contribution in [-0.2, 0) is 6.42 Å². The first kappa shape index (κ1) is 18.8. The summed E-state index contributed by atoms with van der Waals surface area (Å²) in [6.45, 7) is 3.51. The molecule has 0 spiro atoms. The van der Waals surface area contributed by atoms with Gasteiger partial charge in [-0.2, -0.15) is 0 Å². The van der Waals surface area contributed by atoms with Crippen LogP contribution in [0, 0.1) is 0 Å². The molecule has 0 aliphatic carbocycles. The van der Waals surface area contributed by atoms with Crippen LogP contribution in [0.3, 0.4) is 0 Å². The van der Waals surface area contributed by atoms with Crippen LogP contribution in [0.25, 0.3) is 10.9 Å². The van der Waals surface area contributed by atoms with E-state index in [9.17, 15) is 0 Å². The number of nitrogens with zero attached hydrogens (tertiary/aromatic N) is 2. The van der Waals surface area contributed by atoms with Crippen LogP contribution >= 0.6 is 0 Å². The molecular weight excluding hydrogens is 340 g/mol. The molecule has 142 valence electrons. The number of rotatable bonds is 8. The van der Waals surface area contributed by atoms with Gasteiger partial charge in [-0.05, 0) is 55.3 Å². The molecular formula is C22H26N2O3. The topological polar surface area (TPSA) is 43.8 Å². The van der Waals surface area contributed by atoms with Crippen molar-refractivity contribution in [1.82, 2.24) is 4.98 Å². The molecule has 5 heteroatoms. The Morgan fingerprint density at radius 3 is 2.52 bits per heavy atom. The lowest BCUT2D eigenvalue weighted by molar-refractivity contribution is 0.340. The number of methoxy groups -OCH3 is 2. The number of aromatic nitrogens is 1. The van der Waals surface area contributed by atoms with Gasteiger partial charge in [-0.3, -0.25) is 4.98 Å². The fourth-order valence-corrected chi connectivity index (χ4v) is 3.15. The maximum atomic E-state index is 5.65. The Bertz CT molecular complexity index is 911. The van der Waals surface area contributed by atoms with Crippen LogP contribution in [0.15, 0.2) is 48.7 Å². The number of likely N-dealkylation sites (N-methyl/N-ethyl adjacent to an activating group) is 1. The third-order valence-electron chi connectivity index (χ3n) is 4.60. The van der Waals surface area contributed by atoms with Crippen molar-refractivity contribution in [3.63, 3.8) is 0 Å². The van der Waals surface area contributed by atoms with Crippen molar-refractivity contribution in [2.75, 3.05) is 39.3 Å². The van der Waals surface area contributed by atoms with E-state index in [4.69, 9.17) is 14.2 Å². The molecule has 1 heterocycles. The minimum Gasteiger partial charge on any atom is -0.494 e. The predicted molar refractivity (Wildman–Crippen MR) is 109 cm³/mol. The van der Waals surface area contributed by atoms with Gasteiger partial charge in [0.25, 0.3) is 0 Å². The lowest BCUT2D eigenvalue weighted by Gasteiger charge is -2.21. The van der Waals surface area contributed by atoms with Crippen molar-refractivity contribution in [2.45, 2.75) is 13.3 Å². The number of pyridine rings is 1. The smallest absolute Gasteiger partial charge is 0.160 e. The maximum Gasteiger partial charge on any atom is 0.160 e. The molecule has 0 fully saturated rings. The number of ether oxygens (including phenoxy) is 3. The lowest BCUT2D eigenvalue weighted by Crippen LogP contribution is -2.20. The van der Waals surface area contributed by atoms with Crippen LogP contribution in [0.1, 0.15) is 12.5 Å². The monoisotopic (exact) mass is 366 g/mol. The molecule has 0 amide bonds. The Morgan fingerprint density at radius 1 is 0.963 bits per heavy atom. The number of benzene rings is 2. The molecule has 3 aromatic rings. The SMILES string of the molecule is CCOc1ccc2nccc(N(C)CCc3ccc(OC)c(OC)c3)c2c1. The summed E-state index contributed by atoms with van der Waals surface area (Å²) in [6, 6.07) is 14.1. The summed E-state index contributed by atoms with van der Waals surface area (Å²) in [5.41, 5.74) is 3.31. The van der Waals surface area contributed by atoms with Gasteiger partial charge in [0.15, 0.2) is 11.5 Å². The standard InChI is InChI=1S/C22H26N2O3/c1-5-27-17-7-8-19-18(15-17)20(10-12-23-19)24(2)13-11-16-6-9-21(25-3)22(14-16)26-4/h6-10,12,14-15H,5,11,13H2,1-4H3. The Kier molecular flexibility index (Phi) is 6.01. The summed E-state index contributed by atoms with van der Waals surface area (Å²) in [5.74, 6) is 2.37. The Labute approximate surface area is 160 Å². The van der Waals surface area contributed by atoms with Gasteiger partial charge in [0.2, 0.25) is 0 Å². The first-order chi connectivity index (χ1) is 13.2.